The van der Waals surface area contributed by atoms with Crippen molar-refractivity contribution in [3.63, 3.8) is 0 Å². The van der Waals surface area contributed by atoms with Crippen molar-refractivity contribution in [3.8, 4) is 5.75 Å². The summed E-state index contributed by atoms with van der Waals surface area (Å²) in [5.74, 6) is 0.851. The van der Waals surface area contributed by atoms with Crippen molar-refractivity contribution in [3.05, 3.63) is 64.3 Å². The number of piperidine rings is 1. The number of carbonyl (C=O) groups is 1. The molecule has 2 aliphatic heterocycles. The molecule has 1 spiro atoms. The van der Waals surface area contributed by atoms with Gasteiger partial charge in [0.25, 0.3) is 5.91 Å². The maximum atomic E-state index is 13.1. The number of amides is 1. The zero-order valence-corrected chi connectivity index (χ0v) is 16.3. The average molecular weight is 394 g/mol. The predicted octanol–water partition coefficient (Wildman–Crippen LogP) is 4.61. The molecule has 2 aliphatic rings. The molecule has 1 amide bonds. The van der Waals surface area contributed by atoms with E-state index in [0.29, 0.717) is 23.7 Å². The number of nitrogens with zero attached hydrogens (tertiary/aromatic N) is 2. The highest BCUT2D eigenvalue weighted by Crippen LogP contribution is 2.39. The van der Waals surface area contributed by atoms with Gasteiger partial charge in [-0.25, -0.2) is 0 Å². The fourth-order valence-corrected chi connectivity index (χ4v) is 4.23. The molecule has 1 fully saturated rings. The third-order valence-electron chi connectivity index (χ3n) is 5.78. The molecule has 6 heteroatoms. The van der Waals surface area contributed by atoms with Gasteiger partial charge in [-0.3, -0.25) is 9.89 Å². The monoisotopic (exact) mass is 393 g/mol. The van der Waals surface area contributed by atoms with Crippen molar-refractivity contribution in [2.45, 2.75) is 25.4 Å². The molecule has 0 atom stereocenters. The van der Waals surface area contributed by atoms with E-state index in [0.717, 1.165) is 40.6 Å². The minimum absolute atomic E-state index is 0.0311. The zero-order valence-electron chi connectivity index (χ0n) is 15.5. The molecule has 142 valence electrons. The minimum atomic E-state index is -0.373. The summed E-state index contributed by atoms with van der Waals surface area (Å²) in [4.78, 5) is 15.0. The number of halogens is 1. The van der Waals surface area contributed by atoms with Gasteiger partial charge in [0.2, 0.25) is 0 Å². The van der Waals surface area contributed by atoms with Gasteiger partial charge < -0.3 is 9.64 Å². The van der Waals surface area contributed by atoms with Gasteiger partial charge in [-0.15, -0.1) is 0 Å². The number of fused-ring (bicyclic) bond motifs is 2. The molecule has 0 unspecified atom stereocenters. The van der Waals surface area contributed by atoms with E-state index in [9.17, 15) is 4.79 Å². The first kappa shape index (κ1) is 17.3. The Morgan fingerprint density at radius 1 is 1.29 bits per heavy atom. The summed E-state index contributed by atoms with van der Waals surface area (Å²) >= 11 is 6.28. The third kappa shape index (κ3) is 2.78. The van der Waals surface area contributed by atoms with Crippen LogP contribution in [-0.4, -0.2) is 39.7 Å². The van der Waals surface area contributed by atoms with Crippen LogP contribution in [0.25, 0.3) is 17.0 Å². The van der Waals surface area contributed by atoms with Crippen molar-refractivity contribution >= 4 is 34.5 Å². The molecule has 1 saturated heterocycles. The van der Waals surface area contributed by atoms with Crippen LogP contribution in [0, 0.1) is 6.92 Å². The Labute approximate surface area is 167 Å². The van der Waals surface area contributed by atoms with E-state index < -0.39 is 0 Å². The molecule has 0 bridgehead atoms. The van der Waals surface area contributed by atoms with Crippen LogP contribution in [0.2, 0.25) is 5.02 Å². The van der Waals surface area contributed by atoms with Crippen LogP contribution in [0.5, 0.6) is 5.75 Å². The summed E-state index contributed by atoms with van der Waals surface area (Å²) in [6.07, 6.45) is 7.49. The molecule has 5 nitrogen and oxygen atoms in total. The lowest BCUT2D eigenvalue weighted by molar-refractivity contribution is 0.0330. The number of rotatable bonds is 1. The maximum Gasteiger partial charge on any atom is 0.256 e. The van der Waals surface area contributed by atoms with Crippen molar-refractivity contribution in [1.82, 2.24) is 15.1 Å². The number of hydrogen-bond acceptors (Lipinski definition) is 3. The van der Waals surface area contributed by atoms with Gasteiger partial charge in [0.1, 0.15) is 11.4 Å². The number of aromatic nitrogens is 2. The Balaban J connectivity index is 1.35. The number of aryl methyl sites for hydroxylation is 1. The molecule has 28 heavy (non-hydrogen) atoms. The van der Waals surface area contributed by atoms with Gasteiger partial charge in [-0.2, -0.15) is 5.10 Å². The van der Waals surface area contributed by atoms with Gasteiger partial charge in [0, 0.05) is 41.9 Å². The lowest BCUT2D eigenvalue weighted by atomic mass is 9.87. The lowest BCUT2D eigenvalue weighted by Crippen LogP contribution is -2.49. The summed E-state index contributed by atoms with van der Waals surface area (Å²) < 4.78 is 6.36. The van der Waals surface area contributed by atoms with Crippen molar-refractivity contribution in [1.29, 1.82) is 0 Å². The summed E-state index contributed by atoms with van der Waals surface area (Å²) in [5, 5.41) is 8.66. The largest absolute Gasteiger partial charge is 0.482 e. The van der Waals surface area contributed by atoms with Crippen LogP contribution in [-0.2, 0) is 0 Å². The highest BCUT2D eigenvalue weighted by atomic mass is 35.5. The number of para-hydroxylation sites is 1. The van der Waals surface area contributed by atoms with E-state index in [-0.39, 0.29) is 11.5 Å². The van der Waals surface area contributed by atoms with E-state index in [2.05, 4.69) is 22.3 Å². The molecule has 2 aromatic carbocycles. The van der Waals surface area contributed by atoms with E-state index in [1.807, 2.05) is 42.2 Å². The first-order valence-corrected chi connectivity index (χ1v) is 9.82. The standard InChI is InChI=1S/C22H20ClN3O2/c1-14-11-15-5-6-22(28-19(15)12-18(14)23)7-9-26(10-8-22)21(27)17-4-2-3-16-13-24-25-20(16)17/h2-6,11-13H,7-10H2,1H3,(H,24,25). The smallest absolute Gasteiger partial charge is 0.256 e. The Hall–Kier alpha value is -2.79. The van der Waals surface area contributed by atoms with Crippen LogP contribution in [0.15, 0.2) is 42.6 Å². The fourth-order valence-electron chi connectivity index (χ4n) is 4.07. The van der Waals surface area contributed by atoms with E-state index in [1.54, 1.807) is 6.20 Å². The van der Waals surface area contributed by atoms with Crippen LogP contribution in [0.4, 0.5) is 0 Å². The normalized spacial score (nSPS) is 17.6. The Morgan fingerprint density at radius 3 is 2.93 bits per heavy atom. The first-order chi connectivity index (χ1) is 13.5. The van der Waals surface area contributed by atoms with Gasteiger partial charge in [-0.05, 0) is 36.8 Å². The molecule has 1 aromatic heterocycles. The van der Waals surface area contributed by atoms with Crippen LogP contribution < -0.4 is 4.74 Å². The number of benzene rings is 2. The van der Waals surface area contributed by atoms with E-state index >= 15 is 0 Å². The molecular formula is C22H20ClN3O2. The number of aromatic amines is 1. The second-order valence-corrected chi connectivity index (χ2v) is 7.98. The van der Waals surface area contributed by atoms with Gasteiger partial charge >= 0.3 is 0 Å². The van der Waals surface area contributed by atoms with E-state index in [1.165, 1.54) is 0 Å². The molecule has 0 aliphatic carbocycles. The van der Waals surface area contributed by atoms with Gasteiger partial charge in [0.15, 0.2) is 0 Å². The summed E-state index contributed by atoms with van der Waals surface area (Å²) in [7, 11) is 0. The Kier molecular flexibility index (Phi) is 3.95. The topological polar surface area (TPSA) is 58.2 Å². The Morgan fingerprint density at radius 2 is 2.11 bits per heavy atom. The maximum absolute atomic E-state index is 13.1. The number of likely N-dealkylation sites (tertiary alicyclic amines) is 1. The number of nitrogens with one attached hydrogen (secondary N) is 1. The molecule has 3 aromatic rings. The molecule has 0 radical (unpaired) electrons. The molecule has 3 heterocycles. The zero-order chi connectivity index (χ0) is 19.3. The number of ether oxygens (including phenoxy) is 1. The average Bonchev–Trinajstić information content (AvgIpc) is 3.18. The van der Waals surface area contributed by atoms with Crippen molar-refractivity contribution in [2.24, 2.45) is 0 Å². The SMILES string of the molecule is Cc1cc2c(cc1Cl)OC1(C=C2)CCN(C(=O)c2cccc3cn[nH]c23)CC1. The second-order valence-electron chi connectivity index (χ2n) is 7.57. The van der Waals surface area contributed by atoms with Crippen LogP contribution in [0.3, 0.4) is 0 Å². The number of H-pyrrole nitrogens is 1. The molecule has 5 rings (SSSR count). The van der Waals surface area contributed by atoms with Crippen LogP contribution in [0.1, 0.15) is 34.3 Å². The number of hydrogen-bond donors (Lipinski definition) is 1. The number of carbonyl (C=O) groups excluding carboxylic acids is 1. The molecule has 0 saturated carbocycles. The quantitative estimate of drug-likeness (QED) is 0.657. The van der Waals surface area contributed by atoms with Gasteiger partial charge in [0.05, 0.1) is 17.3 Å². The summed E-state index contributed by atoms with van der Waals surface area (Å²) in [5.41, 5.74) is 3.18. The minimum Gasteiger partial charge on any atom is -0.482 e. The summed E-state index contributed by atoms with van der Waals surface area (Å²) in [6.45, 7) is 3.27. The fraction of sp³-hybridized carbons (Fsp3) is 0.273. The second kappa shape index (κ2) is 6.38. The predicted molar refractivity (Wildman–Crippen MR) is 110 cm³/mol. The molecular weight excluding hydrogens is 374 g/mol. The highest BCUT2D eigenvalue weighted by Gasteiger charge is 2.38. The van der Waals surface area contributed by atoms with Crippen LogP contribution >= 0.6 is 11.6 Å². The van der Waals surface area contributed by atoms with Crippen molar-refractivity contribution in [2.75, 3.05) is 13.1 Å². The van der Waals surface area contributed by atoms with E-state index in [4.69, 9.17) is 16.3 Å². The third-order valence-corrected chi connectivity index (χ3v) is 6.18. The van der Waals surface area contributed by atoms with Crippen molar-refractivity contribution < 1.29 is 9.53 Å². The Bertz CT molecular complexity index is 1110. The first-order valence-electron chi connectivity index (χ1n) is 9.44. The molecule has 1 N–H and O–H groups in total. The highest BCUT2D eigenvalue weighted by molar-refractivity contribution is 6.31. The lowest BCUT2D eigenvalue weighted by Gasteiger charge is -2.42. The summed E-state index contributed by atoms with van der Waals surface area (Å²) in [6, 6.07) is 9.64. The van der Waals surface area contributed by atoms with Gasteiger partial charge in [-0.1, -0.05) is 29.8 Å².